The van der Waals surface area contributed by atoms with Gasteiger partial charge in [-0.2, -0.15) is 0 Å². The van der Waals surface area contributed by atoms with Gasteiger partial charge in [-0.3, -0.25) is 11.3 Å². The Balaban J connectivity index is 2.75. The summed E-state index contributed by atoms with van der Waals surface area (Å²) in [5.41, 5.74) is 3.42. The lowest BCUT2D eigenvalue weighted by Crippen LogP contribution is -2.47. The monoisotopic (exact) mass is 222 g/mol. The summed E-state index contributed by atoms with van der Waals surface area (Å²) in [4.78, 5) is 0. The molecule has 0 aromatic heterocycles. The van der Waals surface area contributed by atoms with Gasteiger partial charge >= 0.3 is 0 Å². The van der Waals surface area contributed by atoms with Crippen LogP contribution in [0.5, 0.6) is 0 Å². The number of nitrogens with two attached hydrogens (primary N) is 1. The highest BCUT2D eigenvalue weighted by Crippen LogP contribution is 2.46. The van der Waals surface area contributed by atoms with Gasteiger partial charge < -0.3 is 0 Å². The van der Waals surface area contributed by atoms with Crippen molar-refractivity contribution in [2.24, 2.45) is 17.2 Å². The number of nitrogens with one attached hydrogen (secondary N) is 1. The van der Waals surface area contributed by atoms with Crippen LogP contribution in [0.25, 0.3) is 0 Å². The van der Waals surface area contributed by atoms with Crippen molar-refractivity contribution < 1.29 is 0 Å². The summed E-state index contributed by atoms with van der Waals surface area (Å²) in [7, 11) is 0. The van der Waals surface area contributed by atoms with E-state index in [9.17, 15) is 0 Å². The van der Waals surface area contributed by atoms with E-state index >= 15 is 0 Å². The Kier molecular flexibility index (Phi) is 5.31. The summed E-state index contributed by atoms with van der Waals surface area (Å²) in [6, 6.07) is 0.366. The predicted octanol–water partition coefficient (Wildman–Crippen LogP) is 2.84. The number of hydrogen-bond acceptors (Lipinski definition) is 2. The van der Waals surface area contributed by atoms with Crippen molar-refractivity contribution in [3.8, 4) is 11.8 Å². The van der Waals surface area contributed by atoms with Gasteiger partial charge in [0, 0.05) is 12.5 Å². The molecule has 1 fully saturated rings. The normalized spacial score (nSPS) is 20.6. The molecule has 2 heteroatoms. The first kappa shape index (κ1) is 13.5. The lowest BCUT2D eigenvalue weighted by molar-refractivity contribution is 0.157. The minimum Gasteiger partial charge on any atom is -0.271 e. The first-order chi connectivity index (χ1) is 7.64. The smallest absolute Gasteiger partial charge is 0.0376 e. The van der Waals surface area contributed by atoms with Crippen LogP contribution in [-0.4, -0.2) is 6.04 Å². The Morgan fingerprint density at radius 2 is 1.94 bits per heavy atom. The van der Waals surface area contributed by atoms with Gasteiger partial charge in [0.15, 0.2) is 0 Å². The summed E-state index contributed by atoms with van der Waals surface area (Å²) < 4.78 is 0. The highest BCUT2D eigenvalue weighted by molar-refractivity contribution is 5.04. The van der Waals surface area contributed by atoms with Crippen molar-refractivity contribution in [3.63, 3.8) is 0 Å². The molecule has 1 unspecified atom stereocenters. The Hall–Kier alpha value is -0.520. The average Bonchev–Trinajstić information content (AvgIpc) is 2.67. The van der Waals surface area contributed by atoms with Crippen molar-refractivity contribution in [1.29, 1.82) is 0 Å². The molecule has 1 aliphatic carbocycles. The molecule has 1 aliphatic rings. The first-order valence-corrected chi connectivity index (χ1v) is 6.50. The molecule has 92 valence electrons. The molecule has 2 nitrogen and oxygen atoms in total. The van der Waals surface area contributed by atoms with Gasteiger partial charge in [0.25, 0.3) is 0 Å². The van der Waals surface area contributed by atoms with E-state index in [1.165, 1.54) is 32.1 Å². The van der Waals surface area contributed by atoms with Crippen LogP contribution in [0.4, 0.5) is 0 Å². The van der Waals surface area contributed by atoms with E-state index in [4.69, 9.17) is 5.84 Å². The third-order valence-electron chi connectivity index (χ3n) is 3.84. The molecule has 16 heavy (non-hydrogen) atoms. The fraction of sp³-hybridized carbons (Fsp3) is 0.857. The van der Waals surface area contributed by atoms with E-state index in [1.54, 1.807) is 0 Å². The van der Waals surface area contributed by atoms with Crippen molar-refractivity contribution in [2.45, 2.75) is 65.3 Å². The van der Waals surface area contributed by atoms with E-state index in [1.807, 2.05) is 6.92 Å². The van der Waals surface area contributed by atoms with Gasteiger partial charge in [-0.1, -0.05) is 26.7 Å². The number of hydrogen-bond donors (Lipinski definition) is 2. The van der Waals surface area contributed by atoms with Crippen LogP contribution >= 0.6 is 0 Å². The lowest BCUT2D eigenvalue weighted by Gasteiger charge is -2.38. The predicted molar refractivity (Wildman–Crippen MR) is 69.5 cm³/mol. The maximum absolute atomic E-state index is 5.74. The summed E-state index contributed by atoms with van der Waals surface area (Å²) in [5, 5.41) is 0. The van der Waals surface area contributed by atoms with E-state index in [0.717, 1.165) is 12.3 Å². The van der Waals surface area contributed by atoms with Crippen LogP contribution in [0.2, 0.25) is 0 Å². The molecular formula is C14H26N2. The summed E-state index contributed by atoms with van der Waals surface area (Å²) >= 11 is 0. The second-order valence-corrected chi connectivity index (χ2v) is 5.52. The molecule has 0 aliphatic heterocycles. The zero-order valence-corrected chi connectivity index (χ0v) is 11.0. The molecule has 0 saturated heterocycles. The molecule has 0 spiro atoms. The molecule has 0 heterocycles. The van der Waals surface area contributed by atoms with Gasteiger partial charge in [-0.25, -0.2) is 0 Å². The maximum atomic E-state index is 5.74. The van der Waals surface area contributed by atoms with Crippen LogP contribution in [-0.2, 0) is 0 Å². The Morgan fingerprint density at radius 1 is 1.31 bits per heavy atom. The topological polar surface area (TPSA) is 38.0 Å². The van der Waals surface area contributed by atoms with E-state index in [2.05, 4.69) is 31.1 Å². The average molecular weight is 222 g/mol. The second kappa shape index (κ2) is 6.27. The number of rotatable bonds is 5. The van der Waals surface area contributed by atoms with Gasteiger partial charge in [0.05, 0.1) is 0 Å². The van der Waals surface area contributed by atoms with E-state index < -0.39 is 0 Å². The van der Waals surface area contributed by atoms with Gasteiger partial charge in [-0.15, -0.1) is 11.8 Å². The van der Waals surface area contributed by atoms with Crippen LogP contribution in [0.1, 0.15) is 59.3 Å². The molecule has 0 amide bonds. The third-order valence-corrected chi connectivity index (χ3v) is 3.84. The summed E-state index contributed by atoms with van der Waals surface area (Å²) in [6.45, 7) is 6.51. The van der Waals surface area contributed by atoms with Gasteiger partial charge in [0.1, 0.15) is 0 Å². The van der Waals surface area contributed by atoms with E-state index in [0.29, 0.717) is 11.5 Å². The molecule has 0 aromatic rings. The quantitative estimate of drug-likeness (QED) is 0.426. The molecule has 0 bridgehead atoms. The van der Waals surface area contributed by atoms with Crippen LogP contribution in [0, 0.1) is 23.2 Å². The summed E-state index contributed by atoms with van der Waals surface area (Å²) in [6.07, 6.45) is 7.48. The number of hydrazine groups is 1. The van der Waals surface area contributed by atoms with Crippen molar-refractivity contribution in [1.82, 2.24) is 5.43 Å². The van der Waals surface area contributed by atoms with Gasteiger partial charge in [0.2, 0.25) is 0 Å². The SMILES string of the molecule is CC#CCC(NN)C1(CC(C)C)CCCC1. The minimum atomic E-state index is 0.366. The van der Waals surface area contributed by atoms with Crippen LogP contribution < -0.4 is 11.3 Å². The minimum absolute atomic E-state index is 0.366. The van der Waals surface area contributed by atoms with E-state index in [-0.39, 0.29) is 0 Å². The second-order valence-electron chi connectivity index (χ2n) is 5.52. The fourth-order valence-electron chi connectivity index (χ4n) is 3.24. The zero-order chi connectivity index (χ0) is 12.0. The lowest BCUT2D eigenvalue weighted by atomic mass is 9.72. The molecule has 3 N–H and O–H groups in total. The molecular weight excluding hydrogens is 196 g/mol. The Morgan fingerprint density at radius 3 is 2.38 bits per heavy atom. The maximum Gasteiger partial charge on any atom is 0.0376 e. The van der Waals surface area contributed by atoms with Gasteiger partial charge in [-0.05, 0) is 37.5 Å². The molecule has 0 aromatic carbocycles. The molecule has 1 rings (SSSR count). The van der Waals surface area contributed by atoms with Crippen molar-refractivity contribution >= 4 is 0 Å². The first-order valence-electron chi connectivity index (χ1n) is 6.50. The highest BCUT2D eigenvalue weighted by Gasteiger charge is 2.40. The standard InChI is InChI=1S/C14H26N2/c1-4-5-8-13(16-15)14(11-12(2)3)9-6-7-10-14/h12-13,16H,6-11,15H2,1-3H3. The Labute approximate surface area is 100 Å². The van der Waals surface area contributed by atoms with Crippen molar-refractivity contribution in [3.05, 3.63) is 0 Å². The van der Waals surface area contributed by atoms with Crippen LogP contribution in [0.3, 0.4) is 0 Å². The molecule has 1 atom stereocenters. The highest BCUT2D eigenvalue weighted by atomic mass is 15.2. The molecule has 1 saturated carbocycles. The Bertz CT molecular complexity index is 254. The molecule has 0 radical (unpaired) electrons. The van der Waals surface area contributed by atoms with Crippen molar-refractivity contribution in [2.75, 3.05) is 0 Å². The third kappa shape index (κ3) is 3.23. The zero-order valence-electron chi connectivity index (χ0n) is 11.0. The van der Waals surface area contributed by atoms with Crippen LogP contribution in [0.15, 0.2) is 0 Å². The fourth-order valence-corrected chi connectivity index (χ4v) is 3.24. The largest absolute Gasteiger partial charge is 0.271 e. The summed E-state index contributed by atoms with van der Waals surface area (Å²) in [5.74, 6) is 12.6.